The highest BCUT2D eigenvalue weighted by Crippen LogP contribution is 2.52. The summed E-state index contributed by atoms with van der Waals surface area (Å²) < 4.78 is 0. The molecule has 0 saturated heterocycles. The number of rotatable bonds is 3. The van der Waals surface area contributed by atoms with Crippen LogP contribution in [0.25, 0.3) is 0 Å². The van der Waals surface area contributed by atoms with Crippen molar-refractivity contribution in [3.05, 3.63) is 0 Å². The van der Waals surface area contributed by atoms with E-state index in [1.165, 1.54) is 51.4 Å². The third kappa shape index (κ3) is 2.51. The van der Waals surface area contributed by atoms with Crippen LogP contribution in [0.4, 0.5) is 0 Å². The normalized spacial score (nSPS) is 27.6. The molecule has 1 atom stereocenters. The molecule has 2 fully saturated rings. The van der Waals surface area contributed by atoms with Gasteiger partial charge in [0.1, 0.15) is 0 Å². The average molecular weight is 238 g/mol. The highest BCUT2D eigenvalue weighted by molar-refractivity contribution is 5.70. The van der Waals surface area contributed by atoms with Gasteiger partial charge in [-0.25, -0.2) is 0 Å². The maximum atomic E-state index is 11.4. The molecule has 2 rings (SSSR count). The number of hydrogen-bond donors (Lipinski definition) is 1. The average Bonchev–Trinajstić information content (AvgIpc) is 2.39. The van der Waals surface area contributed by atoms with Gasteiger partial charge in [-0.1, -0.05) is 45.4 Å². The number of carboxylic acids is 1. The van der Waals surface area contributed by atoms with Crippen LogP contribution in [0, 0.1) is 17.3 Å². The Morgan fingerprint density at radius 3 is 2.12 bits per heavy atom. The molecule has 2 nitrogen and oxygen atoms in total. The molecule has 1 unspecified atom stereocenters. The number of aliphatic carboxylic acids is 1. The first-order chi connectivity index (χ1) is 8.17. The Labute approximate surface area is 105 Å². The highest BCUT2D eigenvalue weighted by atomic mass is 16.4. The Bertz CT molecular complexity index is 260. The van der Waals surface area contributed by atoms with E-state index in [2.05, 4.69) is 0 Å². The molecule has 0 aliphatic heterocycles. The lowest BCUT2D eigenvalue weighted by molar-refractivity contribution is -0.150. The van der Waals surface area contributed by atoms with Gasteiger partial charge in [-0.3, -0.25) is 4.79 Å². The second kappa shape index (κ2) is 5.41. The van der Waals surface area contributed by atoms with Crippen molar-refractivity contribution in [2.24, 2.45) is 17.3 Å². The van der Waals surface area contributed by atoms with Crippen LogP contribution >= 0.6 is 0 Å². The van der Waals surface area contributed by atoms with Crippen molar-refractivity contribution in [2.45, 2.75) is 71.1 Å². The molecule has 0 bridgehead atoms. The first-order valence-electron chi connectivity index (χ1n) is 7.39. The molecule has 0 amide bonds. The standard InChI is InChI=1S/C15H26O2/c1-12(14(16)17)15(10-6-3-7-11-15)13-8-4-2-5-9-13/h12-13H,2-11H2,1H3,(H,16,17). The SMILES string of the molecule is CC(C(=O)O)C1(C2CCCCC2)CCCCC1. The van der Waals surface area contributed by atoms with Crippen LogP contribution in [0.2, 0.25) is 0 Å². The molecule has 2 saturated carbocycles. The topological polar surface area (TPSA) is 37.3 Å². The fourth-order valence-electron chi connectivity index (χ4n) is 4.33. The predicted octanol–water partition coefficient (Wildman–Crippen LogP) is 4.24. The molecular weight excluding hydrogens is 212 g/mol. The van der Waals surface area contributed by atoms with Crippen LogP contribution in [0.3, 0.4) is 0 Å². The summed E-state index contributed by atoms with van der Waals surface area (Å²) in [5.74, 6) is -0.0361. The maximum Gasteiger partial charge on any atom is 0.306 e. The van der Waals surface area contributed by atoms with E-state index in [1.807, 2.05) is 6.92 Å². The van der Waals surface area contributed by atoms with Gasteiger partial charge in [0.05, 0.1) is 5.92 Å². The summed E-state index contributed by atoms with van der Waals surface area (Å²) in [6.07, 6.45) is 12.7. The van der Waals surface area contributed by atoms with Gasteiger partial charge in [-0.05, 0) is 37.0 Å². The zero-order chi connectivity index (χ0) is 12.3. The van der Waals surface area contributed by atoms with E-state index in [0.29, 0.717) is 5.92 Å². The molecule has 0 heterocycles. The summed E-state index contributed by atoms with van der Waals surface area (Å²) in [4.78, 5) is 11.4. The lowest BCUT2D eigenvalue weighted by Gasteiger charge is -2.48. The smallest absolute Gasteiger partial charge is 0.306 e. The van der Waals surface area contributed by atoms with Gasteiger partial charge in [0, 0.05) is 0 Å². The molecule has 2 aliphatic rings. The summed E-state index contributed by atoms with van der Waals surface area (Å²) in [5.41, 5.74) is 0.129. The third-order valence-corrected chi connectivity index (χ3v) is 5.44. The molecule has 0 spiro atoms. The van der Waals surface area contributed by atoms with Crippen molar-refractivity contribution < 1.29 is 9.90 Å². The molecule has 17 heavy (non-hydrogen) atoms. The van der Waals surface area contributed by atoms with Crippen LogP contribution in [-0.4, -0.2) is 11.1 Å². The summed E-state index contributed by atoms with van der Waals surface area (Å²) in [5, 5.41) is 9.43. The molecule has 0 aromatic rings. The Morgan fingerprint density at radius 2 is 1.59 bits per heavy atom. The minimum Gasteiger partial charge on any atom is -0.481 e. The lowest BCUT2D eigenvalue weighted by atomic mass is 9.56. The number of carbonyl (C=O) groups is 1. The maximum absolute atomic E-state index is 11.4. The van der Waals surface area contributed by atoms with Crippen molar-refractivity contribution in [1.82, 2.24) is 0 Å². The van der Waals surface area contributed by atoms with Gasteiger partial charge < -0.3 is 5.11 Å². The summed E-state index contributed by atoms with van der Waals surface area (Å²) in [6, 6.07) is 0. The Kier molecular flexibility index (Phi) is 4.11. The first kappa shape index (κ1) is 12.9. The Hall–Kier alpha value is -0.530. The van der Waals surface area contributed by atoms with Crippen LogP contribution in [0.1, 0.15) is 71.1 Å². The fourth-order valence-corrected chi connectivity index (χ4v) is 4.33. The Balaban J connectivity index is 2.18. The predicted molar refractivity (Wildman–Crippen MR) is 68.9 cm³/mol. The van der Waals surface area contributed by atoms with Crippen molar-refractivity contribution in [1.29, 1.82) is 0 Å². The molecular formula is C15H26O2. The minimum atomic E-state index is -0.572. The van der Waals surface area contributed by atoms with E-state index < -0.39 is 5.97 Å². The van der Waals surface area contributed by atoms with Gasteiger partial charge in [0.2, 0.25) is 0 Å². The molecule has 1 N–H and O–H groups in total. The molecule has 0 aromatic carbocycles. The van der Waals surface area contributed by atoms with Gasteiger partial charge >= 0.3 is 5.97 Å². The van der Waals surface area contributed by atoms with E-state index >= 15 is 0 Å². The van der Waals surface area contributed by atoms with Crippen LogP contribution in [-0.2, 0) is 4.79 Å². The monoisotopic (exact) mass is 238 g/mol. The second-order valence-corrected chi connectivity index (χ2v) is 6.19. The lowest BCUT2D eigenvalue weighted by Crippen LogP contribution is -2.43. The highest BCUT2D eigenvalue weighted by Gasteiger charge is 2.46. The second-order valence-electron chi connectivity index (χ2n) is 6.19. The molecule has 0 radical (unpaired) electrons. The molecule has 2 heteroatoms. The molecule has 98 valence electrons. The van der Waals surface area contributed by atoms with Gasteiger partial charge in [-0.2, -0.15) is 0 Å². The van der Waals surface area contributed by atoms with E-state index in [0.717, 1.165) is 12.8 Å². The van der Waals surface area contributed by atoms with Crippen molar-refractivity contribution in [3.63, 3.8) is 0 Å². The van der Waals surface area contributed by atoms with Crippen LogP contribution in [0.5, 0.6) is 0 Å². The fraction of sp³-hybridized carbons (Fsp3) is 0.933. The zero-order valence-corrected chi connectivity index (χ0v) is 11.1. The minimum absolute atomic E-state index is 0.129. The van der Waals surface area contributed by atoms with Crippen molar-refractivity contribution in [3.8, 4) is 0 Å². The Morgan fingerprint density at radius 1 is 1.06 bits per heavy atom. The molecule has 2 aliphatic carbocycles. The van der Waals surface area contributed by atoms with Gasteiger partial charge in [0.15, 0.2) is 0 Å². The quantitative estimate of drug-likeness (QED) is 0.798. The number of hydrogen-bond acceptors (Lipinski definition) is 1. The first-order valence-corrected chi connectivity index (χ1v) is 7.39. The zero-order valence-electron chi connectivity index (χ0n) is 11.1. The summed E-state index contributed by atoms with van der Waals surface area (Å²) >= 11 is 0. The van der Waals surface area contributed by atoms with E-state index in [4.69, 9.17) is 0 Å². The van der Waals surface area contributed by atoms with E-state index in [-0.39, 0.29) is 11.3 Å². The van der Waals surface area contributed by atoms with Crippen LogP contribution < -0.4 is 0 Å². The van der Waals surface area contributed by atoms with Gasteiger partial charge in [-0.15, -0.1) is 0 Å². The van der Waals surface area contributed by atoms with Gasteiger partial charge in [0.25, 0.3) is 0 Å². The van der Waals surface area contributed by atoms with Crippen molar-refractivity contribution in [2.75, 3.05) is 0 Å². The largest absolute Gasteiger partial charge is 0.481 e. The third-order valence-electron chi connectivity index (χ3n) is 5.44. The van der Waals surface area contributed by atoms with E-state index in [9.17, 15) is 9.90 Å². The molecule has 0 aromatic heterocycles. The summed E-state index contributed by atoms with van der Waals surface area (Å²) in [6.45, 7) is 1.96. The van der Waals surface area contributed by atoms with Crippen molar-refractivity contribution >= 4 is 5.97 Å². The summed E-state index contributed by atoms with van der Waals surface area (Å²) in [7, 11) is 0. The van der Waals surface area contributed by atoms with Crippen LogP contribution in [0.15, 0.2) is 0 Å². The number of carboxylic acid groups (broad SMARTS) is 1. The van der Waals surface area contributed by atoms with E-state index in [1.54, 1.807) is 0 Å².